The van der Waals surface area contributed by atoms with Gasteiger partial charge in [-0.15, -0.1) is 10.2 Å². The highest BCUT2D eigenvalue weighted by Gasteiger charge is 2.15. The van der Waals surface area contributed by atoms with Gasteiger partial charge in [0.05, 0.1) is 18.5 Å². The largest absolute Gasteiger partial charge is 0.497 e. The molecular formula is C20H21N5O4S. The summed E-state index contributed by atoms with van der Waals surface area (Å²) in [4.78, 5) is 22.7. The summed E-state index contributed by atoms with van der Waals surface area (Å²) in [6, 6.07) is 13.5. The van der Waals surface area contributed by atoms with Crippen LogP contribution in [0.3, 0.4) is 0 Å². The first-order valence-corrected chi connectivity index (χ1v) is 10.2. The molecule has 0 spiro atoms. The van der Waals surface area contributed by atoms with E-state index in [4.69, 9.17) is 4.74 Å². The van der Waals surface area contributed by atoms with Crippen molar-refractivity contribution in [2.24, 2.45) is 0 Å². The molecule has 1 amide bonds. The number of non-ortho nitro benzene ring substituents is 1. The zero-order valence-corrected chi connectivity index (χ0v) is 17.4. The fourth-order valence-corrected chi connectivity index (χ4v) is 3.74. The maximum atomic E-state index is 12.4. The highest BCUT2D eigenvalue weighted by Crippen LogP contribution is 2.24. The van der Waals surface area contributed by atoms with Crippen molar-refractivity contribution in [3.63, 3.8) is 0 Å². The lowest BCUT2D eigenvalue weighted by Crippen LogP contribution is -2.17. The molecule has 3 aromatic rings. The fraction of sp³-hybridized carbons (Fsp3) is 0.250. The molecular weight excluding hydrogens is 406 g/mol. The summed E-state index contributed by atoms with van der Waals surface area (Å²) < 4.78 is 7.00. The van der Waals surface area contributed by atoms with Gasteiger partial charge in [-0.2, -0.15) is 0 Å². The summed E-state index contributed by atoms with van der Waals surface area (Å²) in [5.41, 5.74) is 1.68. The van der Waals surface area contributed by atoms with E-state index in [1.54, 1.807) is 43.5 Å². The van der Waals surface area contributed by atoms with E-state index in [9.17, 15) is 14.9 Å². The molecule has 0 saturated carbocycles. The molecule has 0 fully saturated rings. The Bertz CT molecular complexity index is 1020. The van der Waals surface area contributed by atoms with Crippen molar-refractivity contribution in [3.8, 4) is 5.75 Å². The Morgan fingerprint density at radius 3 is 2.47 bits per heavy atom. The third-order valence-electron chi connectivity index (χ3n) is 4.32. The minimum Gasteiger partial charge on any atom is -0.497 e. The summed E-state index contributed by atoms with van der Waals surface area (Å²) in [5.74, 6) is 1.70. The van der Waals surface area contributed by atoms with E-state index in [1.807, 2.05) is 11.5 Å². The van der Waals surface area contributed by atoms with Gasteiger partial charge in [-0.3, -0.25) is 14.9 Å². The maximum Gasteiger partial charge on any atom is 0.269 e. The number of aromatic nitrogens is 3. The topological polar surface area (TPSA) is 112 Å². The Morgan fingerprint density at radius 1 is 1.17 bits per heavy atom. The summed E-state index contributed by atoms with van der Waals surface area (Å²) in [5, 5.41) is 22.7. The summed E-state index contributed by atoms with van der Waals surface area (Å²) >= 11 is 1.47. The quantitative estimate of drug-likeness (QED) is 0.315. The molecule has 3 rings (SSSR count). The first-order chi connectivity index (χ1) is 14.5. The molecule has 1 aromatic heterocycles. The molecule has 0 bridgehead atoms. The van der Waals surface area contributed by atoms with Gasteiger partial charge in [-0.25, -0.2) is 0 Å². The molecule has 0 aliphatic rings. The van der Waals surface area contributed by atoms with Crippen LogP contribution >= 0.6 is 11.8 Å². The van der Waals surface area contributed by atoms with Crippen molar-refractivity contribution < 1.29 is 14.5 Å². The Kier molecular flexibility index (Phi) is 7.02. The molecule has 0 unspecified atom stereocenters. The zero-order chi connectivity index (χ0) is 21.5. The fourth-order valence-electron chi connectivity index (χ4n) is 2.76. The minimum atomic E-state index is -0.423. The van der Waals surface area contributed by atoms with Crippen molar-refractivity contribution in [1.29, 1.82) is 0 Å². The summed E-state index contributed by atoms with van der Waals surface area (Å²) in [6.45, 7) is 2.59. The number of benzene rings is 2. The van der Waals surface area contributed by atoms with Crippen LogP contribution in [0.4, 0.5) is 11.4 Å². The number of amides is 1. The van der Waals surface area contributed by atoms with E-state index >= 15 is 0 Å². The van der Waals surface area contributed by atoms with E-state index in [-0.39, 0.29) is 18.0 Å². The van der Waals surface area contributed by atoms with E-state index in [2.05, 4.69) is 15.5 Å². The Balaban J connectivity index is 1.61. The highest BCUT2D eigenvalue weighted by molar-refractivity contribution is 7.98. The van der Waals surface area contributed by atoms with E-state index in [0.717, 1.165) is 5.56 Å². The van der Waals surface area contributed by atoms with Crippen molar-refractivity contribution in [2.45, 2.75) is 30.8 Å². The molecule has 0 saturated heterocycles. The van der Waals surface area contributed by atoms with Crippen LogP contribution in [0.25, 0.3) is 0 Å². The molecule has 0 atom stereocenters. The number of ether oxygens (including phenoxy) is 1. The predicted molar refractivity (Wildman–Crippen MR) is 114 cm³/mol. The van der Waals surface area contributed by atoms with Gasteiger partial charge in [-0.05, 0) is 36.8 Å². The number of hydrogen-bond donors (Lipinski definition) is 1. The van der Waals surface area contributed by atoms with Gasteiger partial charge in [0, 0.05) is 30.1 Å². The molecule has 10 heteroatoms. The van der Waals surface area contributed by atoms with Crippen LogP contribution in [-0.4, -0.2) is 32.7 Å². The van der Waals surface area contributed by atoms with Crippen molar-refractivity contribution >= 4 is 29.0 Å². The maximum absolute atomic E-state index is 12.4. The normalized spacial score (nSPS) is 10.6. The summed E-state index contributed by atoms with van der Waals surface area (Å²) in [7, 11) is 1.59. The monoisotopic (exact) mass is 427 g/mol. The number of hydrogen-bond acceptors (Lipinski definition) is 7. The van der Waals surface area contributed by atoms with Gasteiger partial charge in [0.2, 0.25) is 5.91 Å². The molecule has 1 N–H and O–H groups in total. The number of nitro groups is 1. The van der Waals surface area contributed by atoms with Crippen LogP contribution in [0, 0.1) is 10.1 Å². The van der Waals surface area contributed by atoms with Gasteiger partial charge in [0.15, 0.2) is 5.16 Å². The number of nitrogens with one attached hydrogen (secondary N) is 1. The lowest BCUT2D eigenvalue weighted by atomic mass is 10.2. The molecule has 0 radical (unpaired) electrons. The van der Waals surface area contributed by atoms with E-state index in [1.165, 1.54) is 23.9 Å². The SMILES string of the molecule is CCn1c(CC(=O)Nc2ccc(OC)cc2)nnc1SCc1ccc([N+](=O)[O-])cc1. The number of nitro benzene ring substituents is 1. The van der Waals surface area contributed by atoms with E-state index in [0.29, 0.717) is 34.7 Å². The first-order valence-electron chi connectivity index (χ1n) is 9.22. The second kappa shape index (κ2) is 9.88. The van der Waals surface area contributed by atoms with Gasteiger partial charge < -0.3 is 14.6 Å². The van der Waals surface area contributed by atoms with Gasteiger partial charge >= 0.3 is 0 Å². The van der Waals surface area contributed by atoms with Gasteiger partial charge in [0.25, 0.3) is 5.69 Å². The van der Waals surface area contributed by atoms with Crippen LogP contribution in [-0.2, 0) is 23.5 Å². The average Bonchev–Trinajstić information content (AvgIpc) is 3.14. The van der Waals surface area contributed by atoms with Gasteiger partial charge in [-0.1, -0.05) is 23.9 Å². The third kappa shape index (κ3) is 5.35. The molecule has 9 nitrogen and oxygen atoms in total. The van der Waals surface area contributed by atoms with Crippen molar-refractivity contribution in [3.05, 3.63) is 70.0 Å². The molecule has 2 aromatic carbocycles. The Morgan fingerprint density at radius 2 is 1.87 bits per heavy atom. The second-order valence-corrected chi connectivity index (χ2v) is 7.25. The average molecular weight is 427 g/mol. The number of carbonyl (C=O) groups excluding carboxylic acids is 1. The van der Waals surface area contributed by atoms with Crippen molar-refractivity contribution in [1.82, 2.24) is 14.8 Å². The first kappa shape index (κ1) is 21.3. The van der Waals surface area contributed by atoms with E-state index < -0.39 is 4.92 Å². The zero-order valence-electron chi connectivity index (χ0n) is 16.6. The van der Waals surface area contributed by atoms with Crippen LogP contribution < -0.4 is 10.1 Å². The number of carbonyl (C=O) groups is 1. The molecule has 30 heavy (non-hydrogen) atoms. The smallest absolute Gasteiger partial charge is 0.269 e. The van der Waals surface area contributed by atoms with Crippen LogP contribution in [0.15, 0.2) is 53.7 Å². The number of rotatable bonds is 9. The molecule has 0 aliphatic heterocycles. The molecule has 156 valence electrons. The standard InChI is InChI=1S/C20H21N5O4S/c1-3-24-18(12-19(26)21-15-6-10-17(29-2)11-7-15)22-23-20(24)30-13-14-4-8-16(9-5-14)25(27)28/h4-11H,3,12-13H2,1-2H3,(H,21,26). The van der Waals surface area contributed by atoms with Gasteiger partial charge in [0.1, 0.15) is 11.6 Å². The molecule has 0 aliphatic carbocycles. The molecule has 1 heterocycles. The highest BCUT2D eigenvalue weighted by atomic mass is 32.2. The minimum absolute atomic E-state index is 0.0608. The summed E-state index contributed by atoms with van der Waals surface area (Å²) in [6.07, 6.45) is 0.102. The van der Waals surface area contributed by atoms with Crippen LogP contribution in [0.5, 0.6) is 5.75 Å². The third-order valence-corrected chi connectivity index (χ3v) is 5.36. The lowest BCUT2D eigenvalue weighted by Gasteiger charge is -2.08. The number of methoxy groups -OCH3 is 1. The van der Waals surface area contributed by atoms with Crippen LogP contribution in [0.1, 0.15) is 18.3 Å². The predicted octanol–water partition coefficient (Wildman–Crippen LogP) is 3.69. The van der Waals surface area contributed by atoms with Crippen molar-refractivity contribution in [2.75, 3.05) is 12.4 Å². The van der Waals surface area contributed by atoms with Crippen LogP contribution in [0.2, 0.25) is 0 Å². The lowest BCUT2D eigenvalue weighted by molar-refractivity contribution is -0.384. The second-order valence-electron chi connectivity index (χ2n) is 6.31. The Hall–Kier alpha value is -3.40. The number of anilines is 1. The Labute approximate surface area is 177 Å². The number of nitrogens with zero attached hydrogens (tertiary/aromatic N) is 4. The number of thioether (sulfide) groups is 1.